The third-order valence-corrected chi connectivity index (χ3v) is 5.57. The summed E-state index contributed by atoms with van der Waals surface area (Å²) in [6.07, 6.45) is 5.51. The van der Waals surface area contributed by atoms with Gasteiger partial charge in [0.25, 0.3) is 0 Å². The van der Waals surface area contributed by atoms with E-state index in [1.165, 1.54) is 64.0 Å². The molecule has 0 amide bonds. The van der Waals surface area contributed by atoms with Gasteiger partial charge in [0.15, 0.2) is 0 Å². The van der Waals surface area contributed by atoms with Gasteiger partial charge in [0.2, 0.25) is 0 Å². The van der Waals surface area contributed by atoms with Gasteiger partial charge in [-0.1, -0.05) is 12.1 Å². The average Bonchev–Trinajstić information content (AvgIpc) is 3.08. The van der Waals surface area contributed by atoms with Crippen molar-refractivity contribution in [1.29, 1.82) is 0 Å². The molecule has 0 bridgehead atoms. The fourth-order valence-electron chi connectivity index (χ4n) is 4.15. The van der Waals surface area contributed by atoms with Crippen molar-refractivity contribution in [2.45, 2.75) is 37.1 Å². The zero-order chi connectivity index (χ0) is 13.6. The number of rotatable bonds is 3. The van der Waals surface area contributed by atoms with Crippen molar-refractivity contribution < 1.29 is 0 Å². The van der Waals surface area contributed by atoms with Crippen LogP contribution in [0, 0.1) is 0 Å². The molecule has 1 saturated carbocycles. The first-order valence-electron chi connectivity index (χ1n) is 8.08. The van der Waals surface area contributed by atoms with E-state index < -0.39 is 0 Å². The number of piperazine rings is 1. The maximum absolute atomic E-state index is 5.82. The summed E-state index contributed by atoms with van der Waals surface area (Å²) < 4.78 is 0. The van der Waals surface area contributed by atoms with E-state index in [0.29, 0.717) is 5.41 Å². The summed E-state index contributed by atoms with van der Waals surface area (Å²) in [6, 6.07) is 9.45. The summed E-state index contributed by atoms with van der Waals surface area (Å²) in [5.41, 5.74) is 8.64. The lowest BCUT2D eigenvalue weighted by Crippen LogP contribution is -2.51. The lowest BCUT2D eigenvalue weighted by molar-refractivity contribution is 0.0970. The number of fused-ring (bicyclic) bond motifs is 1. The zero-order valence-corrected chi connectivity index (χ0v) is 12.2. The molecule has 2 saturated heterocycles. The third-order valence-electron chi connectivity index (χ3n) is 5.57. The predicted octanol–water partition coefficient (Wildman–Crippen LogP) is 2.08. The van der Waals surface area contributed by atoms with Crippen LogP contribution in [0.3, 0.4) is 0 Å². The lowest BCUT2D eigenvalue weighted by atomic mass is 9.94. The Bertz CT molecular complexity index is 478. The molecule has 2 aliphatic heterocycles. The average molecular weight is 271 g/mol. The van der Waals surface area contributed by atoms with Crippen LogP contribution in [0.5, 0.6) is 0 Å². The molecule has 2 N–H and O–H groups in total. The van der Waals surface area contributed by atoms with E-state index in [4.69, 9.17) is 5.73 Å². The summed E-state index contributed by atoms with van der Waals surface area (Å²) in [6.45, 7) is 6.41. The number of hydrogen-bond acceptors (Lipinski definition) is 3. The van der Waals surface area contributed by atoms with Crippen LogP contribution in [0.2, 0.25) is 0 Å². The van der Waals surface area contributed by atoms with Crippen molar-refractivity contribution in [2.75, 3.05) is 38.5 Å². The molecule has 3 fully saturated rings. The standard InChI is InChI=1S/C17H25N3/c18-15-5-3-14(4-6-15)17(7-8-17)13-19-10-11-20-9-1-2-16(20)12-19/h3-6,16H,1-2,7-13,18H2. The Kier molecular flexibility index (Phi) is 3.00. The van der Waals surface area contributed by atoms with E-state index in [2.05, 4.69) is 34.1 Å². The fourth-order valence-corrected chi connectivity index (χ4v) is 4.15. The van der Waals surface area contributed by atoms with E-state index in [0.717, 1.165) is 11.7 Å². The van der Waals surface area contributed by atoms with Gasteiger partial charge in [0.1, 0.15) is 0 Å². The van der Waals surface area contributed by atoms with E-state index in [-0.39, 0.29) is 0 Å². The Labute approximate surface area is 121 Å². The summed E-state index contributed by atoms with van der Waals surface area (Å²) in [4.78, 5) is 5.41. The fraction of sp³-hybridized carbons (Fsp3) is 0.647. The van der Waals surface area contributed by atoms with Crippen molar-refractivity contribution in [3.63, 3.8) is 0 Å². The van der Waals surface area contributed by atoms with Gasteiger partial charge < -0.3 is 5.73 Å². The lowest BCUT2D eigenvalue weighted by Gasteiger charge is -2.39. The molecular weight excluding hydrogens is 246 g/mol. The van der Waals surface area contributed by atoms with Crippen LogP contribution < -0.4 is 5.73 Å². The minimum absolute atomic E-state index is 0.439. The van der Waals surface area contributed by atoms with Gasteiger partial charge in [0.05, 0.1) is 0 Å². The van der Waals surface area contributed by atoms with E-state index in [1.54, 1.807) is 0 Å². The molecule has 2 heterocycles. The molecule has 20 heavy (non-hydrogen) atoms. The predicted molar refractivity (Wildman–Crippen MR) is 82.8 cm³/mol. The molecule has 0 aromatic heterocycles. The van der Waals surface area contributed by atoms with Crippen molar-refractivity contribution in [3.8, 4) is 0 Å². The van der Waals surface area contributed by atoms with E-state index in [9.17, 15) is 0 Å². The molecule has 0 radical (unpaired) electrons. The van der Waals surface area contributed by atoms with Crippen molar-refractivity contribution >= 4 is 5.69 Å². The highest BCUT2D eigenvalue weighted by Crippen LogP contribution is 2.49. The second-order valence-electron chi connectivity index (χ2n) is 6.97. The topological polar surface area (TPSA) is 32.5 Å². The smallest absolute Gasteiger partial charge is 0.0314 e. The molecular formula is C17H25N3. The van der Waals surface area contributed by atoms with Gasteiger partial charge in [-0.15, -0.1) is 0 Å². The maximum Gasteiger partial charge on any atom is 0.0314 e. The SMILES string of the molecule is Nc1ccc(C2(CN3CCN4CCCC4C3)CC2)cc1. The van der Waals surface area contributed by atoms with Crippen molar-refractivity contribution in [3.05, 3.63) is 29.8 Å². The number of nitrogen functional groups attached to an aromatic ring is 1. The highest BCUT2D eigenvalue weighted by molar-refractivity contribution is 5.43. The Morgan fingerprint density at radius 2 is 1.90 bits per heavy atom. The Morgan fingerprint density at radius 3 is 2.65 bits per heavy atom. The number of nitrogens with zero attached hydrogens (tertiary/aromatic N) is 2. The summed E-state index contributed by atoms with van der Waals surface area (Å²) in [7, 11) is 0. The molecule has 108 valence electrons. The molecule has 3 heteroatoms. The van der Waals surface area contributed by atoms with Gasteiger partial charge in [-0.05, 0) is 49.9 Å². The van der Waals surface area contributed by atoms with Crippen LogP contribution in [-0.2, 0) is 5.41 Å². The summed E-state index contributed by atoms with van der Waals surface area (Å²) in [5, 5.41) is 0. The molecule has 1 aliphatic carbocycles. The number of nitrogens with two attached hydrogens (primary N) is 1. The Balaban J connectivity index is 1.44. The molecule has 0 spiro atoms. The zero-order valence-electron chi connectivity index (χ0n) is 12.2. The number of benzene rings is 1. The van der Waals surface area contributed by atoms with Crippen LogP contribution in [0.1, 0.15) is 31.2 Å². The van der Waals surface area contributed by atoms with Gasteiger partial charge in [0, 0.05) is 43.3 Å². The monoisotopic (exact) mass is 271 g/mol. The minimum Gasteiger partial charge on any atom is -0.399 e. The van der Waals surface area contributed by atoms with Crippen LogP contribution in [0.4, 0.5) is 5.69 Å². The first kappa shape index (κ1) is 12.7. The van der Waals surface area contributed by atoms with Gasteiger partial charge in [-0.25, -0.2) is 0 Å². The van der Waals surface area contributed by atoms with E-state index >= 15 is 0 Å². The summed E-state index contributed by atoms with van der Waals surface area (Å²) >= 11 is 0. The first-order chi connectivity index (χ1) is 9.75. The maximum atomic E-state index is 5.82. The molecule has 1 aromatic carbocycles. The second kappa shape index (κ2) is 4.74. The highest BCUT2D eigenvalue weighted by atomic mass is 15.3. The van der Waals surface area contributed by atoms with E-state index in [1.807, 2.05) is 0 Å². The molecule has 1 atom stereocenters. The Hall–Kier alpha value is -1.06. The quantitative estimate of drug-likeness (QED) is 0.854. The van der Waals surface area contributed by atoms with Gasteiger partial charge >= 0.3 is 0 Å². The molecule has 1 unspecified atom stereocenters. The molecule has 1 aromatic rings. The minimum atomic E-state index is 0.439. The highest BCUT2D eigenvalue weighted by Gasteiger charge is 2.46. The molecule has 3 nitrogen and oxygen atoms in total. The molecule has 3 aliphatic rings. The second-order valence-corrected chi connectivity index (χ2v) is 6.97. The van der Waals surface area contributed by atoms with Crippen LogP contribution >= 0.6 is 0 Å². The van der Waals surface area contributed by atoms with Crippen LogP contribution in [0.25, 0.3) is 0 Å². The van der Waals surface area contributed by atoms with Crippen LogP contribution in [0.15, 0.2) is 24.3 Å². The van der Waals surface area contributed by atoms with Gasteiger partial charge in [-0.2, -0.15) is 0 Å². The van der Waals surface area contributed by atoms with Gasteiger partial charge in [-0.3, -0.25) is 9.80 Å². The number of anilines is 1. The summed E-state index contributed by atoms with van der Waals surface area (Å²) in [5.74, 6) is 0. The first-order valence-corrected chi connectivity index (χ1v) is 8.08. The number of hydrogen-bond donors (Lipinski definition) is 1. The van der Waals surface area contributed by atoms with Crippen molar-refractivity contribution in [1.82, 2.24) is 9.80 Å². The largest absolute Gasteiger partial charge is 0.399 e. The third kappa shape index (κ3) is 2.23. The Morgan fingerprint density at radius 1 is 1.10 bits per heavy atom. The normalized spacial score (nSPS) is 29.3. The molecule has 4 rings (SSSR count). The van der Waals surface area contributed by atoms with Crippen LogP contribution in [-0.4, -0.2) is 48.6 Å². The van der Waals surface area contributed by atoms with Crippen molar-refractivity contribution in [2.24, 2.45) is 0 Å².